The molecule has 0 unspecified atom stereocenters. The number of fused-ring (bicyclic) bond motifs is 1. The SMILES string of the molecule is Cn1cc(C(=O)OCC(N)=O)c2ccccc21. The molecule has 0 saturated heterocycles. The lowest BCUT2D eigenvalue weighted by molar-refractivity contribution is -0.121. The number of ether oxygens (including phenoxy) is 1. The third-order valence-electron chi connectivity index (χ3n) is 2.46. The molecule has 88 valence electrons. The van der Waals surface area contributed by atoms with Crippen molar-refractivity contribution >= 4 is 22.8 Å². The largest absolute Gasteiger partial charge is 0.452 e. The van der Waals surface area contributed by atoms with Crippen LogP contribution in [0.25, 0.3) is 10.9 Å². The number of amides is 1. The summed E-state index contributed by atoms with van der Waals surface area (Å²) in [7, 11) is 1.84. The Labute approximate surface area is 97.8 Å². The molecular formula is C12H12N2O3. The second-order valence-electron chi connectivity index (χ2n) is 3.71. The molecular weight excluding hydrogens is 220 g/mol. The number of benzene rings is 1. The maximum atomic E-state index is 11.7. The van der Waals surface area contributed by atoms with Crippen molar-refractivity contribution < 1.29 is 14.3 Å². The van der Waals surface area contributed by atoms with Crippen molar-refractivity contribution in [1.82, 2.24) is 4.57 Å². The van der Waals surface area contributed by atoms with Gasteiger partial charge in [0, 0.05) is 24.1 Å². The summed E-state index contributed by atoms with van der Waals surface area (Å²) in [6.07, 6.45) is 1.67. The molecule has 2 N–H and O–H groups in total. The number of nitrogens with zero attached hydrogens (tertiary/aromatic N) is 1. The minimum absolute atomic E-state index is 0.401. The second kappa shape index (κ2) is 4.29. The Kier molecular flexibility index (Phi) is 2.82. The van der Waals surface area contributed by atoms with Gasteiger partial charge in [-0.05, 0) is 6.07 Å². The first-order chi connectivity index (χ1) is 8.09. The zero-order chi connectivity index (χ0) is 12.4. The van der Waals surface area contributed by atoms with Crippen molar-refractivity contribution in [2.24, 2.45) is 12.8 Å². The van der Waals surface area contributed by atoms with Gasteiger partial charge in [0.1, 0.15) is 0 Å². The summed E-state index contributed by atoms with van der Waals surface area (Å²) in [5.74, 6) is -1.21. The van der Waals surface area contributed by atoms with Crippen LogP contribution < -0.4 is 5.73 Å². The summed E-state index contributed by atoms with van der Waals surface area (Å²) in [4.78, 5) is 22.3. The zero-order valence-electron chi connectivity index (χ0n) is 9.34. The summed E-state index contributed by atoms with van der Waals surface area (Å²) >= 11 is 0. The molecule has 17 heavy (non-hydrogen) atoms. The predicted molar refractivity (Wildman–Crippen MR) is 62.4 cm³/mol. The number of aryl methyl sites for hydroxylation is 1. The first-order valence-electron chi connectivity index (χ1n) is 5.09. The van der Waals surface area contributed by atoms with Crippen LogP contribution in [-0.4, -0.2) is 23.1 Å². The van der Waals surface area contributed by atoms with E-state index in [4.69, 9.17) is 10.5 Å². The van der Waals surface area contributed by atoms with E-state index >= 15 is 0 Å². The minimum atomic E-state index is -0.668. The number of carbonyl (C=O) groups excluding carboxylic acids is 2. The molecule has 0 aliphatic heterocycles. The van der Waals surface area contributed by atoms with E-state index in [-0.39, 0.29) is 0 Å². The Balaban J connectivity index is 2.35. The Morgan fingerprint density at radius 2 is 2.06 bits per heavy atom. The van der Waals surface area contributed by atoms with Gasteiger partial charge in [0.2, 0.25) is 0 Å². The van der Waals surface area contributed by atoms with Crippen LogP contribution in [0.3, 0.4) is 0 Å². The number of esters is 1. The van der Waals surface area contributed by atoms with E-state index in [1.54, 1.807) is 6.20 Å². The second-order valence-corrected chi connectivity index (χ2v) is 3.71. The van der Waals surface area contributed by atoms with E-state index in [0.717, 1.165) is 10.9 Å². The summed E-state index contributed by atoms with van der Waals surface area (Å²) in [6.45, 7) is -0.401. The fourth-order valence-electron chi connectivity index (χ4n) is 1.72. The number of aromatic nitrogens is 1. The normalized spacial score (nSPS) is 10.4. The number of hydrogen-bond donors (Lipinski definition) is 1. The molecule has 5 heteroatoms. The molecule has 2 rings (SSSR count). The Hall–Kier alpha value is -2.30. The van der Waals surface area contributed by atoms with E-state index in [9.17, 15) is 9.59 Å². The van der Waals surface area contributed by atoms with Crippen molar-refractivity contribution in [3.05, 3.63) is 36.0 Å². The van der Waals surface area contributed by atoms with Crippen molar-refractivity contribution in [1.29, 1.82) is 0 Å². The third kappa shape index (κ3) is 2.13. The summed E-state index contributed by atoms with van der Waals surface area (Å²) < 4.78 is 6.61. The molecule has 0 aliphatic carbocycles. The molecule has 1 amide bonds. The smallest absolute Gasteiger partial charge is 0.340 e. The highest BCUT2D eigenvalue weighted by molar-refractivity contribution is 6.04. The number of rotatable bonds is 3. The molecule has 0 fully saturated rings. The topological polar surface area (TPSA) is 74.3 Å². The van der Waals surface area contributed by atoms with Gasteiger partial charge in [-0.25, -0.2) is 4.79 Å². The number of hydrogen-bond acceptors (Lipinski definition) is 3. The van der Waals surface area contributed by atoms with E-state index in [1.807, 2.05) is 35.9 Å². The molecule has 1 heterocycles. The summed E-state index contributed by atoms with van der Waals surface area (Å²) in [6, 6.07) is 7.46. The van der Waals surface area contributed by atoms with Gasteiger partial charge in [-0.2, -0.15) is 0 Å². The number of primary amides is 1. The molecule has 1 aromatic heterocycles. The quantitative estimate of drug-likeness (QED) is 0.796. The fourth-order valence-corrected chi connectivity index (χ4v) is 1.72. The van der Waals surface area contributed by atoms with Crippen molar-refractivity contribution in [2.75, 3.05) is 6.61 Å². The van der Waals surface area contributed by atoms with Crippen LogP contribution >= 0.6 is 0 Å². The van der Waals surface area contributed by atoms with Gasteiger partial charge in [0.15, 0.2) is 6.61 Å². The average molecular weight is 232 g/mol. The fraction of sp³-hybridized carbons (Fsp3) is 0.167. The Bertz CT molecular complexity index is 586. The minimum Gasteiger partial charge on any atom is -0.452 e. The number of para-hydroxylation sites is 1. The van der Waals surface area contributed by atoms with Crippen LogP contribution in [0.2, 0.25) is 0 Å². The number of nitrogens with two attached hydrogens (primary N) is 1. The predicted octanol–water partition coefficient (Wildman–Crippen LogP) is 0.820. The van der Waals surface area contributed by atoms with E-state index in [2.05, 4.69) is 0 Å². The average Bonchev–Trinajstić information content (AvgIpc) is 2.65. The van der Waals surface area contributed by atoms with Gasteiger partial charge in [-0.3, -0.25) is 4.79 Å². The Morgan fingerprint density at radius 3 is 2.76 bits per heavy atom. The van der Waals surface area contributed by atoms with Crippen LogP contribution in [0.15, 0.2) is 30.5 Å². The van der Waals surface area contributed by atoms with E-state index in [1.165, 1.54) is 0 Å². The van der Waals surface area contributed by atoms with Gasteiger partial charge in [-0.1, -0.05) is 18.2 Å². The molecule has 0 spiro atoms. The van der Waals surface area contributed by atoms with Gasteiger partial charge in [0.25, 0.3) is 5.91 Å². The number of carbonyl (C=O) groups is 2. The van der Waals surface area contributed by atoms with Gasteiger partial charge in [-0.15, -0.1) is 0 Å². The van der Waals surface area contributed by atoms with E-state index < -0.39 is 18.5 Å². The zero-order valence-corrected chi connectivity index (χ0v) is 9.34. The highest BCUT2D eigenvalue weighted by Gasteiger charge is 2.15. The first kappa shape index (κ1) is 11.2. The standard InChI is InChI=1S/C12H12N2O3/c1-14-6-9(12(16)17-7-11(13)15)8-4-2-3-5-10(8)14/h2-6H,7H2,1H3,(H2,13,15). The molecule has 5 nitrogen and oxygen atoms in total. The molecule has 0 atom stereocenters. The lowest BCUT2D eigenvalue weighted by Gasteiger charge is -2.00. The highest BCUT2D eigenvalue weighted by Crippen LogP contribution is 2.20. The molecule has 2 aromatic rings. The maximum Gasteiger partial charge on any atom is 0.340 e. The first-order valence-corrected chi connectivity index (χ1v) is 5.09. The van der Waals surface area contributed by atoms with E-state index in [0.29, 0.717) is 5.56 Å². The van der Waals surface area contributed by atoms with Crippen molar-refractivity contribution in [3.8, 4) is 0 Å². The van der Waals surface area contributed by atoms with Crippen LogP contribution in [-0.2, 0) is 16.6 Å². The molecule has 0 bridgehead atoms. The van der Waals surface area contributed by atoms with Crippen molar-refractivity contribution in [3.63, 3.8) is 0 Å². The third-order valence-corrected chi connectivity index (χ3v) is 2.46. The molecule has 0 saturated carbocycles. The van der Waals surface area contributed by atoms with Crippen LogP contribution in [0.5, 0.6) is 0 Å². The monoisotopic (exact) mass is 232 g/mol. The highest BCUT2D eigenvalue weighted by atomic mass is 16.5. The van der Waals surface area contributed by atoms with Gasteiger partial charge in [0.05, 0.1) is 5.56 Å². The van der Waals surface area contributed by atoms with Crippen LogP contribution in [0.1, 0.15) is 10.4 Å². The van der Waals surface area contributed by atoms with Gasteiger partial charge >= 0.3 is 5.97 Å². The van der Waals surface area contributed by atoms with Crippen LogP contribution in [0, 0.1) is 0 Å². The van der Waals surface area contributed by atoms with Gasteiger partial charge < -0.3 is 15.0 Å². The molecule has 1 aromatic carbocycles. The summed E-state index contributed by atoms with van der Waals surface area (Å²) in [5.41, 5.74) is 6.28. The molecule has 0 radical (unpaired) electrons. The molecule has 0 aliphatic rings. The van der Waals surface area contributed by atoms with Crippen molar-refractivity contribution in [2.45, 2.75) is 0 Å². The lowest BCUT2D eigenvalue weighted by Crippen LogP contribution is -2.20. The lowest BCUT2D eigenvalue weighted by atomic mass is 10.2. The van der Waals surface area contributed by atoms with Crippen LogP contribution in [0.4, 0.5) is 0 Å². The maximum absolute atomic E-state index is 11.7. The summed E-state index contributed by atoms with van der Waals surface area (Å²) in [5, 5.41) is 0.796. The Morgan fingerprint density at radius 1 is 1.35 bits per heavy atom.